The van der Waals surface area contributed by atoms with E-state index < -0.39 is 77.2 Å². The van der Waals surface area contributed by atoms with Gasteiger partial charge in [0, 0.05) is 60.0 Å². The Morgan fingerprint density at radius 2 is 1.58 bits per heavy atom. The van der Waals surface area contributed by atoms with Crippen LogP contribution in [0.2, 0.25) is 0 Å². The van der Waals surface area contributed by atoms with Crippen molar-refractivity contribution in [2.24, 2.45) is 0 Å². The largest absolute Gasteiger partial charge is 0.508 e. The molecule has 3 aliphatic rings. The number of nitrogens with one attached hydrogen (secondary N) is 2. The summed E-state index contributed by atoms with van der Waals surface area (Å²) in [5.41, 5.74) is -2.04. The van der Waals surface area contributed by atoms with E-state index in [4.69, 9.17) is 24.0 Å². The van der Waals surface area contributed by atoms with Gasteiger partial charge in [-0.25, -0.2) is 23.3 Å². The molecule has 4 aromatic rings. The summed E-state index contributed by atoms with van der Waals surface area (Å²) < 4.78 is 64.6. The molecule has 0 aliphatic carbocycles. The number of benzene rings is 3. The van der Waals surface area contributed by atoms with Gasteiger partial charge in [-0.15, -0.1) is 0 Å². The maximum absolute atomic E-state index is 13.3. The van der Waals surface area contributed by atoms with Gasteiger partial charge < -0.3 is 54.4 Å². The number of aromatic amines is 1. The van der Waals surface area contributed by atoms with Gasteiger partial charge >= 0.3 is 35.1 Å². The second-order valence-corrected chi connectivity index (χ2v) is 18.3. The number of phosphoric ester groups is 1. The van der Waals surface area contributed by atoms with Gasteiger partial charge in [0.25, 0.3) is 11.5 Å². The highest BCUT2D eigenvalue weighted by molar-refractivity contribution is 7.66. The summed E-state index contributed by atoms with van der Waals surface area (Å²) in [6.07, 6.45) is -2.29. The molecule has 1 aromatic heterocycles. The summed E-state index contributed by atoms with van der Waals surface area (Å²) in [7, 11) is -16.9. The minimum absolute atomic E-state index is 0.110. The summed E-state index contributed by atoms with van der Waals surface area (Å²) >= 11 is 0. The fourth-order valence-electron chi connectivity index (χ4n) is 6.97. The molecule has 3 aromatic carbocycles. The van der Waals surface area contributed by atoms with E-state index in [1.165, 1.54) is 42.5 Å². The van der Waals surface area contributed by atoms with Crippen LogP contribution in [0.15, 0.2) is 70.4 Å². The number of aromatic nitrogens is 2. The Labute approximate surface area is 347 Å². The van der Waals surface area contributed by atoms with Crippen molar-refractivity contribution in [3.05, 3.63) is 115 Å². The molecule has 0 radical (unpaired) electrons. The van der Waals surface area contributed by atoms with Gasteiger partial charge in [-0.05, 0) is 55.3 Å². The van der Waals surface area contributed by atoms with Crippen LogP contribution >= 0.6 is 23.5 Å². The number of H-pyrrole nitrogens is 1. The lowest BCUT2D eigenvalue weighted by atomic mass is 9.77. The number of nitrogens with zero attached hydrogens (tertiary/aromatic N) is 1. The number of aliphatic hydroxyl groups excluding tert-OH is 1. The zero-order valence-electron chi connectivity index (χ0n) is 31.5. The quantitative estimate of drug-likeness (QED) is 0.0402. The molecule has 4 heterocycles. The molecule has 328 valence electrons. The summed E-state index contributed by atoms with van der Waals surface area (Å²) in [4.78, 5) is 90.0. The van der Waals surface area contributed by atoms with Gasteiger partial charge in [0.2, 0.25) is 0 Å². The first-order valence-electron chi connectivity index (χ1n) is 18.1. The fraction of sp³-hybridized carbons (Fsp3) is 0.278. The van der Waals surface area contributed by atoms with Gasteiger partial charge in [-0.2, -0.15) is 8.62 Å². The molecule has 9 N–H and O–H groups in total. The van der Waals surface area contributed by atoms with E-state index in [1.54, 1.807) is 12.1 Å². The first-order chi connectivity index (χ1) is 29.1. The van der Waals surface area contributed by atoms with Crippen molar-refractivity contribution in [2.45, 2.75) is 49.7 Å². The van der Waals surface area contributed by atoms with E-state index in [-0.39, 0.29) is 59.1 Å². The molecule has 1 saturated heterocycles. The average Bonchev–Trinajstić information content (AvgIpc) is 3.68. The van der Waals surface area contributed by atoms with Crippen LogP contribution in [0.3, 0.4) is 0 Å². The number of phenolic OH excluding ortho intramolecular Hbond substituents is 2. The SMILES string of the molecule is O=C(NCCCCC#Cc1cn([C@@H]2O[C@H](COP(=O)(O)OP(=O)(O)OP(=O)(O)O)C[C@H]2O)c(=O)[nH]c1=O)c1ccc2c(c1)C1(OC2=O)c2ccc(O)cc2Oc2cc(O)ccc21. The lowest BCUT2D eigenvalue weighted by Gasteiger charge is -2.36. The Bertz CT molecular complexity index is 2760. The first-order valence-corrected chi connectivity index (χ1v) is 22.6. The molecule has 1 amide bonds. The lowest BCUT2D eigenvalue weighted by Crippen LogP contribution is -2.36. The number of fused-ring (bicyclic) bond motifs is 6. The normalized spacial score (nSPS) is 20.3. The summed E-state index contributed by atoms with van der Waals surface area (Å²) in [6.45, 7) is -0.673. The smallest absolute Gasteiger partial charge is 0.490 e. The zero-order valence-corrected chi connectivity index (χ0v) is 34.2. The van der Waals surface area contributed by atoms with Crippen LogP contribution in [-0.4, -0.2) is 81.7 Å². The minimum atomic E-state index is -5.77. The van der Waals surface area contributed by atoms with Crippen LogP contribution < -0.4 is 21.3 Å². The number of phenols is 2. The van der Waals surface area contributed by atoms with E-state index in [9.17, 15) is 58.0 Å². The molecular formula is C36H34N3O20P3. The van der Waals surface area contributed by atoms with E-state index in [1.807, 2.05) is 4.98 Å². The number of hydrogen-bond donors (Lipinski definition) is 9. The molecular weight excluding hydrogens is 887 g/mol. The Morgan fingerprint density at radius 3 is 2.24 bits per heavy atom. The third-order valence-corrected chi connectivity index (χ3v) is 13.3. The van der Waals surface area contributed by atoms with Crippen LogP contribution in [0.4, 0.5) is 0 Å². The molecule has 7 rings (SSSR count). The molecule has 0 bridgehead atoms. The number of rotatable bonds is 13. The van der Waals surface area contributed by atoms with Crippen molar-refractivity contribution < 1.29 is 85.5 Å². The maximum atomic E-state index is 13.3. The van der Waals surface area contributed by atoms with Crippen LogP contribution in [0.25, 0.3) is 0 Å². The van der Waals surface area contributed by atoms with Crippen molar-refractivity contribution in [1.82, 2.24) is 14.9 Å². The monoisotopic (exact) mass is 921 g/mol. The Morgan fingerprint density at radius 1 is 0.903 bits per heavy atom. The third kappa shape index (κ3) is 9.47. The van der Waals surface area contributed by atoms with Crippen LogP contribution in [0.5, 0.6) is 23.0 Å². The number of aromatic hydroxyl groups is 2. The number of esters is 1. The fourth-order valence-corrected chi connectivity index (χ4v) is 10.0. The second-order valence-electron chi connectivity index (χ2n) is 13.9. The van der Waals surface area contributed by atoms with E-state index in [0.717, 1.165) is 10.8 Å². The van der Waals surface area contributed by atoms with Gasteiger partial charge in [0.1, 0.15) is 34.7 Å². The molecule has 1 fully saturated rings. The Kier molecular flexibility index (Phi) is 12.3. The molecule has 1 spiro atoms. The van der Waals surface area contributed by atoms with Gasteiger partial charge in [0.15, 0.2) is 11.8 Å². The van der Waals surface area contributed by atoms with Gasteiger partial charge in [0.05, 0.1) is 18.3 Å². The number of aliphatic hydroxyl groups is 1. The standard InChI is InChI=1S/C36H34N3O20P3/c40-21-7-10-25-29(14-21)56-30-15-22(41)8-11-26(30)36(25)27-13-19(6-9-24(27)34(45)57-36)31(43)37-12-4-2-1-3-5-20-17-39(35(46)38-32(20)44)33-28(42)16-23(55-33)18-54-61(50,51)59-62(52,53)58-60(47,48)49/h6-11,13-15,17,23,28,33,40-42H,1-2,4,12,16,18H2,(H,37,43)(H,50,51)(H,52,53)(H,38,44,46)(H2,47,48,49)/t23-,28+,33+/m0/s1. The molecule has 3 aliphatic heterocycles. The minimum Gasteiger partial charge on any atom is -0.508 e. The van der Waals surface area contributed by atoms with Crippen LogP contribution in [0.1, 0.15) is 74.9 Å². The highest BCUT2D eigenvalue weighted by Crippen LogP contribution is 2.66. The Hall–Kier alpha value is -5.43. The number of phosphoric acid groups is 3. The van der Waals surface area contributed by atoms with Crippen molar-refractivity contribution >= 4 is 35.3 Å². The molecule has 0 saturated carbocycles. The van der Waals surface area contributed by atoms with E-state index >= 15 is 0 Å². The topological polar surface area (TPSA) is 349 Å². The Balaban J connectivity index is 0.949. The summed E-state index contributed by atoms with van der Waals surface area (Å²) in [5, 5.41) is 33.7. The van der Waals surface area contributed by atoms with Crippen molar-refractivity contribution in [1.29, 1.82) is 0 Å². The summed E-state index contributed by atoms with van der Waals surface area (Å²) in [6, 6.07) is 13.1. The number of ether oxygens (including phenoxy) is 3. The number of hydrogen-bond acceptors (Lipinski definition) is 16. The van der Waals surface area contributed by atoms with Crippen molar-refractivity contribution in [2.75, 3.05) is 13.2 Å². The number of unbranched alkanes of at least 4 members (excludes halogenated alkanes) is 2. The lowest BCUT2D eigenvalue weighted by molar-refractivity contribution is -0.0524. The number of carbonyl (C=O) groups excluding carboxylic acids is 2. The van der Waals surface area contributed by atoms with Gasteiger partial charge in [-0.1, -0.05) is 11.8 Å². The molecule has 26 heteroatoms. The van der Waals surface area contributed by atoms with Gasteiger partial charge in [-0.3, -0.25) is 23.7 Å². The molecule has 23 nitrogen and oxygen atoms in total. The second kappa shape index (κ2) is 17.0. The predicted octanol–water partition coefficient (Wildman–Crippen LogP) is 2.46. The first kappa shape index (κ1) is 44.6. The predicted molar refractivity (Wildman–Crippen MR) is 207 cm³/mol. The molecule has 62 heavy (non-hydrogen) atoms. The highest BCUT2D eigenvalue weighted by Gasteiger charge is 2.54. The summed E-state index contributed by atoms with van der Waals surface area (Å²) in [5.74, 6) is 4.46. The van der Waals surface area contributed by atoms with Crippen LogP contribution in [0, 0.1) is 11.8 Å². The maximum Gasteiger partial charge on any atom is 0.490 e. The number of amides is 1. The van der Waals surface area contributed by atoms with Crippen molar-refractivity contribution in [3.8, 4) is 34.8 Å². The molecule has 2 unspecified atom stereocenters. The third-order valence-electron chi connectivity index (χ3n) is 9.52. The van der Waals surface area contributed by atoms with Crippen LogP contribution in [-0.2, 0) is 41.9 Å². The number of carbonyl (C=O) groups is 2. The average molecular weight is 922 g/mol. The molecule has 5 atom stereocenters. The van der Waals surface area contributed by atoms with Crippen molar-refractivity contribution in [3.63, 3.8) is 0 Å². The van der Waals surface area contributed by atoms with E-state index in [2.05, 4.69) is 30.3 Å². The zero-order chi connectivity index (χ0) is 44.8. The van der Waals surface area contributed by atoms with E-state index in [0.29, 0.717) is 29.5 Å². The highest BCUT2D eigenvalue weighted by atomic mass is 31.3.